The van der Waals surface area contributed by atoms with Crippen molar-refractivity contribution < 1.29 is 14.9 Å². The van der Waals surface area contributed by atoms with E-state index < -0.39 is 0 Å². The third-order valence-electron chi connectivity index (χ3n) is 5.06. The summed E-state index contributed by atoms with van der Waals surface area (Å²) < 4.78 is 5.42. The molecule has 1 saturated carbocycles. The van der Waals surface area contributed by atoms with Crippen LogP contribution in [0.1, 0.15) is 37.3 Å². The molecule has 0 bridgehead atoms. The number of anilines is 1. The van der Waals surface area contributed by atoms with Crippen molar-refractivity contribution in [2.24, 2.45) is 5.41 Å². The van der Waals surface area contributed by atoms with Crippen molar-refractivity contribution in [1.82, 2.24) is 9.97 Å². The SMILES string of the molecule is CN(CC1(CO)CCOCC1)c1cc(C2CC(O)C2)ncn1. The molecule has 122 valence electrons. The summed E-state index contributed by atoms with van der Waals surface area (Å²) in [5.41, 5.74) is 0.900. The Balaban J connectivity index is 1.68. The minimum atomic E-state index is -0.180. The molecule has 6 nitrogen and oxygen atoms in total. The first-order valence-electron chi connectivity index (χ1n) is 8.02. The lowest BCUT2D eigenvalue weighted by Gasteiger charge is -2.39. The number of nitrogens with zero attached hydrogens (tertiary/aromatic N) is 3. The Bertz CT molecular complexity index is 499. The summed E-state index contributed by atoms with van der Waals surface area (Å²) in [5, 5.41) is 19.3. The number of hydrogen-bond acceptors (Lipinski definition) is 6. The molecule has 1 saturated heterocycles. The van der Waals surface area contributed by atoms with E-state index in [1.807, 2.05) is 13.1 Å². The van der Waals surface area contributed by atoms with Crippen LogP contribution in [0.25, 0.3) is 0 Å². The zero-order valence-corrected chi connectivity index (χ0v) is 13.1. The minimum Gasteiger partial charge on any atom is -0.396 e. The molecule has 2 heterocycles. The monoisotopic (exact) mass is 307 g/mol. The van der Waals surface area contributed by atoms with E-state index in [1.54, 1.807) is 6.33 Å². The van der Waals surface area contributed by atoms with Crippen LogP contribution in [0.15, 0.2) is 12.4 Å². The van der Waals surface area contributed by atoms with Gasteiger partial charge in [-0.25, -0.2) is 9.97 Å². The molecule has 2 N–H and O–H groups in total. The Kier molecular flexibility index (Phi) is 4.61. The Morgan fingerprint density at radius 2 is 2.05 bits per heavy atom. The van der Waals surface area contributed by atoms with Gasteiger partial charge in [0.05, 0.1) is 12.7 Å². The number of aliphatic hydroxyl groups excluding tert-OH is 2. The quantitative estimate of drug-likeness (QED) is 0.843. The predicted molar refractivity (Wildman–Crippen MR) is 82.9 cm³/mol. The Labute approximate surface area is 131 Å². The molecule has 1 aliphatic heterocycles. The highest BCUT2D eigenvalue weighted by Gasteiger charge is 2.34. The Hall–Kier alpha value is -1.24. The van der Waals surface area contributed by atoms with Crippen molar-refractivity contribution >= 4 is 5.82 Å². The van der Waals surface area contributed by atoms with Crippen molar-refractivity contribution in [3.63, 3.8) is 0 Å². The molecule has 0 aromatic carbocycles. The Morgan fingerprint density at radius 3 is 2.68 bits per heavy atom. The van der Waals surface area contributed by atoms with E-state index in [9.17, 15) is 10.2 Å². The number of aliphatic hydroxyl groups is 2. The molecule has 0 radical (unpaired) electrons. The van der Waals surface area contributed by atoms with E-state index in [2.05, 4.69) is 14.9 Å². The van der Waals surface area contributed by atoms with Crippen molar-refractivity contribution in [2.75, 3.05) is 38.3 Å². The van der Waals surface area contributed by atoms with E-state index in [4.69, 9.17) is 4.74 Å². The van der Waals surface area contributed by atoms with Gasteiger partial charge in [0, 0.05) is 49.9 Å². The van der Waals surface area contributed by atoms with E-state index in [1.165, 1.54) is 0 Å². The topological polar surface area (TPSA) is 78.7 Å². The predicted octanol–water partition coefficient (Wildman–Crippen LogP) is 0.940. The van der Waals surface area contributed by atoms with Crippen LogP contribution in [0.4, 0.5) is 5.82 Å². The standard InChI is InChI=1S/C16H25N3O3/c1-19(9-16(10-20)2-4-22-5-3-16)15-8-14(17-11-18-15)12-6-13(21)7-12/h8,11-13,20-21H,2-7,9-10H2,1H3. The average molecular weight is 307 g/mol. The first kappa shape index (κ1) is 15.6. The van der Waals surface area contributed by atoms with Gasteiger partial charge in [-0.3, -0.25) is 0 Å². The van der Waals surface area contributed by atoms with Crippen LogP contribution < -0.4 is 4.90 Å². The fourth-order valence-electron chi connectivity index (χ4n) is 3.38. The summed E-state index contributed by atoms with van der Waals surface area (Å²) in [6.07, 6.45) is 4.75. The first-order valence-corrected chi connectivity index (χ1v) is 8.02. The summed E-state index contributed by atoms with van der Waals surface area (Å²) in [6.45, 7) is 2.36. The molecule has 3 rings (SSSR count). The zero-order valence-electron chi connectivity index (χ0n) is 13.1. The minimum absolute atomic E-state index is 0.106. The van der Waals surface area contributed by atoms with Gasteiger partial charge in [-0.1, -0.05) is 0 Å². The van der Waals surface area contributed by atoms with Gasteiger partial charge in [0.2, 0.25) is 0 Å². The molecule has 1 aromatic heterocycles. The molecule has 0 unspecified atom stereocenters. The molecular weight excluding hydrogens is 282 g/mol. The van der Waals surface area contributed by atoms with Crippen molar-refractivity contribution in [3.05, 3.63) is 18.1 Å². The fraction of sp³-hybridized carbons (Fsp3) is 0.750. The third-order valence-corrected chi connectivity index (χ3v) is 5.06. The maximum atomic E-state index is 9.81. The van der Waals surface area contributed by atoms with Gasteiger partial charge in [-0.05, 0) is 25.7 Å². The normalized spacial score (nSPS) is 27.2. The summed E-state index contributed by atoms with van der Waals surface area (Å²) in [6, 6.07) is 2.01. The summed E-state index contributed by atoms with van der Waals surface area (Å²) in [4.78, 5) is 10.8. The van der Waals surface area contributed by atoms with Gasteiger partial charge in [-0.15, -0.1) is 0 Å². The lowest BCUT2D eigenvalue weighted by atomic mass is 9.79. The average Bonchev–Trinajstić information content (AvgIpc) is 2.53. The van der Waals surface area contributed by atoms with Crippen LogP contribution in [-0.2, 0) is 4.74 Å². The maximum Gasteiger partial charge on any atom is 0.131 e. The van der Waals surface area contributed by atoms with Crippen LogP contribution in [0.2, 0.25) is 0 Å². The number of hydrogen-bond donors (Lipinski definition) is 2. The van der Waals surface area contributed by atoms with Crippen LogP contribution >= 0.6 is 0 Å². The van der Waals surface area contributed by atoms with Crippen molar-refractivity contribution in [2.45, 2.75) is 37.7 Å². The molecule has 1 aliphatic carbocycles. The van der Waals surface area contributed by atoms with Gasteiger partial charge < -0.3 is 19.8 Å². The molecule has 0 spiro atoms. The Morgan fingerprint density at radius 1 is 1.32 bits per heavy atom. The van der Waals surface area contributed by atoms with Crippen molar-refractivity contribution in [1.29, 1.82) is 0 Å². The van der Waals surface area contributed by atoms with E-state index in [0.29, 0.717) is 19.1 Å². The second-order valence-electron chi connectivity index (χ2n) is 6.75. The molecule has 2 fully saturated rings. The molecule has 2 aliphatic rings. The van der Waals surface area contributed by atoms with E-state index in [-0.39, 0.29) is 18.1 Å². The van der Waals surface area contributed by atoms with Crippen molar-refractivity contribution in [3.8, 4) is 0 Å². The molecule has 0 atom stereocenters. The zero-order chi connectivity index (χ0) is 15.6. The summed E-state index contributed by atoms with van der Waals surface area (Å²) in [7, 11) is 2.01. The number of rotatable bonds is 5. The van der Waals surface area contributed by atoms with Gasteiger partial charge in [0.15, 0.2) is 0 Å². The number of aromatic nitrogens is 2. The smallest absolute Gasteiger partial charge is 0.131 e. The fourth-order valence-corrected chi connectivity index (χ4v) is 3.38. The second-order valence-corrected chi connectivity index (χ2v) is 6.75. The van der Waals surface area contributed by atoms with E-state index in [0.717, 1.165) is 43.7 Å². The summed E-state index contributed by atoms with van der Waals surface area (Å²) in [5.74, 6) is 1.23. The van der Waals surface area contributed by atoms with Gasteiger partial charge in [-0.2, -0.15) is 0 Å². The molecule has 1 aromatic rings. The second kappa shape index (κ2) is 6.48. The van der Waals surface area contributed by atoms with Gasteiger partial charge >= 0.3 is 0 Å². The van der Waals surface area contributed by atoms with Gasteiger partial charge in [0.1, 0.15) is 12.1 Å². The lowest BCUT2D eigenvalue weighted by molar-refractivity contribution is -0.0113. The van der Waals surface area contributed by atoms with Gasteiger partial charge in [0.25, 0.3) is 0 Å². The number of ether oxygens (including phenoxy) is 1. The highest BCUT2D eigenvalue weighted by Crippen LogP contribution is 2.37. The van der Waals surface area contributed by atoms with E-state index >= 15 is 0 Å². The summed E-state index contributed by atoms with van der Waals surface area (Å²) >= 11 is 0. The van der Waals surface area contributed by atoms with Crippen LogP contribution in [-0.4, -0.2) is 59.7 Å². The largest absolute Gasteiger partial charge is 0.396 e. The molecule has 0 amide bonds. The molecule has 22 heavy (non-hydrogen) atoms. The van der Waals surface area contributed by atoms with Crippen LogP contribution in [0.3, 0.4) is 0 Å². The maximum absolute atomic E-state index is 9.81. The highest BCUT2D eigenvalue weighted by atomic mass is 16.5. The van der Waals surface area contributed by atoms with Crippen LogP contribution in [0.5, 0.6) is 0 Å². The first-order chi connectivity index (χ1) is 10.6. The van der Waals surface area contributed by atoms with Crippen LogP contribution in [0, 0.1) is 5.41 Å². The molecule has 6 heteroatoms. The highest BCUT2D eigenvalue weighted by molar-refractivity contribution is 5.39. The third kappa shape index (κ3) is 3.24. The lowest BCUT2D eigenvalue weighted by Crippen LogP contribution is -2.43. The molecular formula is C16H25N3O3.